The Kier molecular flexibility index (Phi) is 3.11. The van der Waals surface area contributed by atoms with Crippen molar-refractivity contribution in [2.45, 2.75) is 19.4 Å². The van der Waals surface area contributed by atoms with Crippen molar-refractivity contribution in [1.82, 2.24) is 19.7 Å². The van der Waals surface area contributed by atoms with Crippen LogP contribution < -0.4 is 0 Å². The van der Waals surface area contributed by atoms with E-state index >= 15 is 0 Å². The van der Waals surface area contributed by atoms with Gasteiger partial charge in [-0.15, -0.1) is 0 Å². The van der Waals surface area contributed by atoms with Crippen molar-refractivity contribution < 1.29 is 4.79 Å². The van der Waals surface area contributed by atoms with Crippen LogP contribution in [0.25, 0.3) is 0 Å². The number of carbonyl (C=O) groups excluding carboxylic acids is 1. The molecule has 1 aromatic rings. The van der Waals surface area contributed by atoms with E-state index in [1.54, 1.807) is 11.0 Å². The van der Waals surface area contributed by atoms with E-state index in [1.807, 2.05) is 7.05 Å². The molecule has 0 radical (unpaired) electrons. The fraction of sp³-hybridized carbons (Fsp3) is 0.700. The first kappa shape index (κ1) is 10.3. The van der Waals surface area contributed by atoms with Gasteiger partial charge in [0.05, 0.1) is 6.54 Å². The van der Waals surface area contributed by atoms with E-state index in [0.717, 1.165) is 44.6 Å². The summed E-state index contributed by atoms with van der Waals surface area (Å²) in [4.78, 5) is 17.2. The van der Waals surface area contributed by atoms with Crippen LogP contribution in [-0.4, -0.2) is 39.0 Å². The van der Waals surface area contributed by atoms with E-state index in [1.165, 1.54) is 0 Å². The first-order valence-corrected chi connectivity index (χ1v) is 5.30. The van der Waals surface area contributed by atoms with E-state index in [4.69, 9.17) is 0 Å². The standard InChI is InChI=1S/C10H16N4O/c1-13-10(11-8-12-13)6-14-4-2-3-9(5-14)7-15/h7-9H,2-6H2,1H3. The second kappa shape index (κ2) is 4.53. The number of hydrogen-bond donors (Lipinski definition) is 0. The molecule has 0 aliphatic carbocycles. The summed E-state index contributed by atoms with van der Waals surface area (Å²) in [5.41, 5.74) is 0. The quantitative estimate of drug-likeness (QED) is 0.667. The largest absolute Gasteiger partial charge is 0.303 e. The normalized spacial score (nSPS) is 22.9. The van der Waals surface area contributed by atoms with Gasteiger partial charge in [0.25, 0.3) is 0 Å². The van der Waals surface area contributed by atoms with E-state index < -0.39 is 0 Å². The molecule has 1 aliphatic heterocycles. The van der Waals surface area contributed by atoms with Crippen LogP contribution in [0.3, 0.4) is 0 Å². The van der Waals surface area contributed by atoms with E-state index in [-0.39, 0.29) is 5.92 Å². The Labute approximate surface area is 89.1 Å². The predicted octanol–water partition coefficient (Wildman–Crippen LogP) is 0.226. The number of hydrogen-bond acceptors (Lipinski definition) is 4. The molecule has 0 amide bonds. The maximum atomic E-state index is 10.7. The summed E-state index contributed by atoms with van der Waals surface area (Å²) in [6, 6.07) is 0. The van der Waals surface area contributed by atoms with E-state index in [9.17, 15) is 4.79 Å². The van der Waals surface area contributed by atoms with Crippen molar-refractivity contribution in [3.63, 3.8) is 0 Å². The third-order valence-electron chi connectivity index (χ3n) is 2.90. The van der Waals surface area contributed by atoms with E-state index in [0.29, 0.717) is 0 Å². The van der Waals surface area contributed by atoms with Crippen LogP contribution in [0.15, 0.2) is 6.33 Å². The Bertz CT molecular complexity index is 336. The summed E-state index contributed by atoms with van der Waals surface area (Å²) in [7, 11) is 1.89. The predicted molar refractivity (Wildman–Crippen MR) is 55.1 cm³/mol. The van der Waals surface area contributed by atoms with Crippen LogP contribution in [0, 0.1) is 5.92 Å². The topological polar surface area (TPSA) is 51.0 Å². The summed E-state index contributed by atoms with van der Waals surface area (Å²) in [5.74, 6) is 1.16. The second-order valence-corrected chi connectivity index (χ2v) is 4.07. The summed E-state index contributed by atoms with van der Waals surface area (Å²) < 4.78 is 1.78. The molecule has 0 aromatic carbocycles. The van der Waals surface area contributed by atoms with Crippen molar-refractivity contribution in [3.05, 3.63) is 12.2 Å². The second-order valence-electron chi connectivity index (χ2n) is 4.07. The zero-order valence-electron chi connectivity index (χ0n) is 8.96. The minimum absolute atomic E-state index is 0.201. The lowest BCUT2D eigenvalue weighted by Crippen LogP contribution is -2.36. The van der Waals surface area contributed by atoms with Gasteiger partial charge in [0.2, 0.25) is 0 Å². The first-order chi connectivity index (χ1) is 7.29. The van der Waals surface area contributed by atoms with Crippen LogP contribution in [0.4, 0.5) is 0 Å². The molecule has 5 heteroatoms. The van der Waals surface area contributed by atoms with E-state index in [2.05, 4.69) is 15.0 Å². The van der Waals surface area contributed by atoms with Crippen molar-refractivity contribution in [1.29, 1.82) is 0 Å². The minimum atomic E-state index is 0.201. The molecule has 2 rings (SSSR count). The molecular formula is C10H16N4O. The SMILES string of the molecule is Cn1ncnc1CN1CCCC(C=O)C1. The fourth-order valence-corrected chi connectivity index (χ4v) is 2.01. The lowest BCUT2D eigenvalue weighted by atomic mass is 10.00. The summed E-state index contributed by atoms with van der Waals surface area (Å²) in [6.07, 6.45) is 4.76. The van der Waals surface area contributed by atoms with Gasteiger partial charge in [-0.25, -0.2) is 4.98 Å². The molecule has 1 unspecified atom stereocenters. The van der Waals surface area contributed by atoms with Gasteiger partial charge >= 0.3 is 0 Å². The first-order valence-electron chi connectivity index (χ1n) is 5.30. The molecule has 1 aromatic heterocycles. The third-order valence-corrected chi connectivity index (χ3v) is 2.90. The number of aldehydes is 1. The molecule has 0 saturated carbocycles. The van der Waals surface area contributed by atoms with Crippen molar-refractivity contribution in [2.75, 3.05) is 13.1 Å². The highest BCUT2D eigenvalue weighted by Gasteiger charge is 2.20. The zero-order chi connectivity index (χ0) is 10.7. The minimum Gasteiger partial charge on any atom is -0.303 e. The zero-order valence-corrected chi connectivity index (χ0v) is 8.96. The van der Waals surface area contributed by atoms with Gasteiger partial charge < -0.3 is 4.79 Å². The van der Waals surface area contributed by atoms with Crippen molar-refractivity contribution in [2.24, 2.45) is 13.0 Å². The lowest BCUT2D eigenvalue weighted by molar-refractivity contribution is -0.112. The van der Waals surface area contributed by atoms with Gasteiger partial charge in [-0.05, 0) is 19.4 Å². The average molecular weight is 208 g/mol. The number of carbonyl (C=O) groups is 1. The maximum Gasteiger partial charge on any atom is 0.140 e. The molecule has 0 spiro atoms. The van der Waals surface area contributed by atoms with Gasteiger partial charge in [-0.1, -0.05) is 0 Å². The monoisotopic (exact) mass is 208 g/mol. The molecule has 5 nitrogen and oxygen atoms in total. The summed E-state index contributed by atoms with van der Waals surface area (Å²) in [5, 5.41) is 4.03. The Hall–Kier alpha value is -1.23. The number of likely N-dealkylation sites (tertiary alicyclic amines) is 1. The Morgan fingerprint density at radius 1 is 1.67 bits per heavy atom. The van der Waals surface area contributed by atoms with Gasteiger partial charge in [0.1, 0.15) is 18.4 Å². The summed E-state index contributed by atoms with van der Waals surface area (Å²) >= 11 is 0. The number of aromatic nitrogens is 3. The smallest absolute Gasteiger partial charge is 0.140 e. The molecule has 15 heavy (non-hydrogen) atoms. The highest BCUT2D eigenvalue weighted by molar-refractivity contribution is 5.53. The number of rotatable bonds is 3. The van der Waals surface area contributed by atoms with Gasteiger partial charge in [-0.2, -0.15) is 5.10 Å². The Balaban J connectivity index is 1.94. The van der Waals surface area contributed by atoms with Crippen LogP contribution in [0.1, 0.15) is 18.7 Å². The van der Waals surface area contributed by atoms with Crippen LogP contribution in [-0.2, 0) is 18.4 Å². The molecule has 0 bridgehead atoms. The molecular weight excluding hydrogens is 192 g/mol. The average Bonchev–Trinajstić information content (AvgIpc) is 2.65. The van der Waals surface area contributed by atoms with Gasteiger partial charge in [0.15, 0.2) is 0 Å². The lowest BCUT2D eigenvalue weighted by Gasteiger charge is -2.29. The van der Waals surface area contributed by atoms with Crippen molar-refractivity contribution in [3.8, 4) is 0 Å². The number of piperidine rings is 1. The van der Waals surface area contributed by atoms with Crippen LogP contribution in [0.5, 0.6) is 0 Å². The van der Waals surface area contributed by atoms with Gasteiger partial charge in [0, 0.05) is 19.5 Å². The molecule has 1 fully saturated rings. The fourth-order valence-electron chi connectivity index (χ4n) is 2.01. The number of nitrogens with zero attached hydrogens (tertiary/aromatic N) is 4. The molecule has 0 N–H and O–H groups in total. The Morgan fingerprint density at radius 3 is 3.20 bits per heavy atom. The van der Waals surface area contributed by atoms with Crippen molar-refractivity contribution >= 4 is 6.29 Å². The molecule has 1 aliphatic rings. The molecule has 82 valence electrons. The van der Waals surface area contributed by atoms with Gasteiger partial charge in [-0.3, -0.25) is 9.58 Å². The molecule has 1 saturated heterocycles. The van der Waals surface area contributed by atoms with Crippen LogP contribution >= 0.6 is 0 Å². The molecule has 2 heterocycles. The summed E-state index contributed by atoms with van der Waals surface area (Å²) in [6.45, 7) is 2.70. The Morgan fingerprint density at radius 2 is 2.53 bits per heavy atom. The van der Waals surface area contributed by atoms with Crippen LogP contribution in [0.2, 0.25) is 0 Å². The number of aryl methyl sites for hydroxylation is 1. The molecule has 1 atom stereocenters. The highest BCUT2D eigenvalue weighted by atomic mass is 16.1. The highest BCUT2D eigenvalue weighted by Crippen LogP contribution is 2.15. The third kappa shape index (κ3) is 2.41. The maximum absolute atomic E-state index is 10.7.